The third-order valence-electron chi connectivity index (χ3n) is 5.72. The molecular weight excluding hydrogens is 256 g/mol. The summed E-state index contributed by atoms with van der Waals surface area (Å²) in [6.07, 6.45) is 6.98. The van der Waals surface area contributed by atoms with E-state index in [0.717, 1.165) is 12.5 Å². The highest BCUT2D eigenvalue weighted by molar-refractivity contribution is 5.25. The second kappa shape index (κ2) is 6.50. The van der Waals surface area contributed by atoms with Crippen molar-refractivity contribution in [1.29, 1.82) is 0 Å². The van der Waals surface area contributed by atoms with Crippen LogP contribution in [0.25, 0.3) is 0 Å². The number of nitrogens with zero attached hydrogens (tertiary/aromatic N) is 1. The fourth-order valence-corrected chi connectivity index (χ4v) is 4.12. The molecule has 0 amide bonds. The predicted octanol–water partition coefficient (Wildman–Crippen LogP) is 3.78. The Hall–Kier alpha value is -0.860. The molecule has 1 saturated heterocycles. The van der Waals surface area contributed by atoms with Gasteiger partial charge in [0, 0.05) is 25.7 Å². The fourth-order valence-electron chi connectivity index (χ4n) is 4.12. The highest BCUT2D eigenvalue weighted by atomic mass is 15.3. The molecule has 1 heterocycles. The number of rotatable bonds is 4. The molecule has 0 aromatic heterocycles. The number of nitrogens with one attached hydrogen (secondary N) is 1. The molecule has 1 aliphatic carbocycles. The first kappa shape index (κ1) is 15.1. The first-order valence-electron chi connectivity index (χ1n) is 8.76. The maximum absolute atomic E-state index is 3.77. The molecule has 1 aromatic rings. The van der Waals surface area contributed by atoms with E-state index in [1.165, 1.54) is 50.8 Å². The van der Waals surface area contributed by atoms with Crippen LogP contribution in [-0.4, -0.2) is 30.6 Å². The molecule has 116 valence electrons. The van der Waals surface area contributed by atoms with E-state index in [4.69, 9.17) is 0 Å². The minimum atomic E-state index is 0.148. The van der Waals surface area contributed by atoms with E-state index in [9.17, 15) is 0 Å². The minimum absolute atomic E-state index is 0.148. The number of hydrogen-bond acceptors (Lipinski definition) is 2. The van der Waals surface area contributed by atoms with Crippen LogP contribution in [-0.2, 0) is 5.54 Å². The van der Waals surface area contributed by atoms with Crippen molar-refractivity contribution in [2.45, 2.75) is 57.5 Å². The van der Waals surface area contributed by atoms with Crippen LogP contribution in [0, 0.1) is 5.92 Å². The Morgan fingerprint density at radius 2 is 1.90 bits per heavy atom. The van der Waals surface area contributed by atoms with Crippen molar-refractivity contribution in [1.82, 2.24) is 10.2 Å². The Morgan fingerprint density at radius 3 is 2.57 bits per heavy atom. The van der Waals surface area contributed by atoms with Gasteiger partial charge in [0.25, 0.3) is 0 Å². The van der Waals surface area contributed by atoms with Crippen molar-refractivity contribution < 1.29 is 0 Å². The Balaban J connectivity index is 1.81. The molecule has 2 nitrogen and oxygen atoms in total. The minimum Gasteiger partial charge on any atom is -0.311 e. The lowest BCUT2D eigenvalue weighted by atomic mass is 9.85. The summed E-state index contributed by atoms with van der Waals surface area (Å²) >= 11 is 0. The molecule has 2 fully saturated rings. The summed E-state index contributed by atoms with van der Waals surface area (Å²) in [5.41, 5.74) is 1.61. The molecule has 2 unspecified atom stereocenters. The van der Waals surface area contributed by atoms with Gasteiger partial charge in [-0.15, -0.1) is 0 Å². The zero-order chi connectivity index (χ0) is 14.7. The monoisotopic (exact) mass is 286 g/mol. The Labute approximate surface area is 129 Å². The second-order valence-electron chi connectivity index (χ2n) is 7.18. The van der Waals surface area contributed by atoms with E-state index in [-0.39, 0.29) is 5.54 Å². The van der Waals surface area contributed by atoms with E-state index in [1.807, 2.05) is 0 Å². The summed E-state index contributed by atoms with van der Waals surface area (Å²) in [6, 6.07) is 11.7. The molecule has 1 aromatic carbocycles. The molecule has 3 rings (SSSR count). The molecule has 0 bridgehead atoms. The van der Waals surface area contributed by atoms with Gasteiger partial charge in [0.15, 0.2) is 0 Å². The van der Waals surface area contributed by atoms with Crippen LogP contribution in [0.15, 0.2) is 30.3 Å². The smallest absolute Gasteiger partial charge is 0.0558 e. The van der Waals surface area contributed by atoms with Gasteiger partial charge >= 0.3 is 0 Å². The van der Waals surface area contributed by atoms with Gasteiger partial charge in [0.05, 0.1) is 5.54 Å². The lowest BCUT2D eigenvalue weighted by Crippen LogP contribution is -2.62. The van der Waals surface area contributed by atoms with Gasteiger partial charge in [-0.1, -0.05) is 50.1 Å². The van der Waals surface area contributed by atoms with Crippen LogP contribution in [0.3, 0.4) is 0 Å². The van der Waals surface area contributed by atoms with Crippen LogP contribution in [0.2, 0.25) is 0 Å². The molecular formula is C19H30N2. The molecule has 0 spiro atoms. The third kappa shape index (κ3) is 3.17. The fraction of sp³-hybridized carbons (Fsp3) is 0.684. The maximum atomic E-state index is 3.77. The highest BCUT2D eigenvalue weighted by Crippen LogP contribution is 2.34. The van der Waals surface area contributed by atoms with Crippen molar-refractivity contribution in [3.8, 4) is 0 Å². The van der Waals surface area contributed by atoms with Gasteiger partial charge in [-0.05, 0) is 37.7 Å². The summed E-state index contributed by atoms with van der Waals surface area (Å²) in [5.74, 6) is 0.920. The van der Waals surface area contributed by atoms with Crippen LogP contribution >= 0.6 is 0 Å². The first-order chi connectivity index (χ1) is 10.2. The summed E-state index contributed by atoms with van der Waals surface area (Å²) in [6.45, 7) is 8.27. The van der Waals surface area contributed by atoms with E-state index < -0.39 is 0 Å². The van der Waals surface area contributed by atoms with Gasteiger partial charge in [0.1, 0.15) is 0 Å². The summed E-state index contributed by atoms with van der Waals surface area (Å²) in [7, 11) is 0. The molecule has 2 atom stereocenters. The Kier molecular flexibility index (Phi) is 4.66. The van der Waals surface area contributed by atoms with E-state index >= 15 is 0 Å². The molecule has 1 N–H and O–H groups in total. The van der Waals surface area contributed by atoms with Crippen molar-refractivity contribution in [2.75, 3.05) is 19.6 Å². The average molecular weight is 286 g/mol. The molecule has 0 radical (unpaired) electrons. The lowest BCUT2D eigenvalue weighted by Gasteiger charge is -2.49. The van der Waals surface area contributed by atoms with Crippen molar-refractivity contribution in [2.24, 2.45) is 5.92 Å². The van der Waals surface area contributed by atoms with Gasteiger partial charge in [-0.25, -0.2) is 0 Å². The largest absolute Gasteiger partial charge is 0.311 e. The maximum Gasteiger partial charge on any atom is 0.0558 e. The number of benzene rings is 1. The summed E-state index contributed by atoms with van der Waals surface area (Å²) < 4.78 is 0. The van der Waals surface area contributed by atoms with Crippen LogP contribution < -0.4 is 5.32 Å². The molecule has 1 saturated carbocycles. The van der Waals surface area contributed by atoms with Crippen LogP contribution in [0.5, 0.6) is 0 Å². The van der Waals surface area contributed by atoms with Crippen molar-refractivity contribution in [3.05, 3.63) is 35.9 Å². The Morgan fingerprint density at radius 1 is 1.19 bits per heavy atom. The summed E-state index contributed by atoms with van der Waals surface area (Å²) in [5, 5.41) is 3.77. The van der Waals surface area contributed by atoms with Crippen LogP contribution in [0.4, 0.5) is 0 Å². The van der Waals surface area contributed by atoms with E-state index in [2.05, 4.69) is 54.4 Å². The lowest BCUT2D eigenvalue weighted by molar-refractivity contribution is 0.0348. The van der Waals surface area contributed by atoms with Gasteiger partial charge in [-0.3, -0.25) is 4.90 Å². The molecule has 1 aliphatic heterocycles. The van der Waals surface area contributed by atoms with E-state index in [1.54, 1.807) is 0 Å². The normalized spacial score (nSPS) is 31.6. The summed E-state index contributed by atoms with van der Waals surface area (Å²) in [4.78, 5) is 2.78. The SMILES string of the molecule is CCC1CN(CC2CCCC2)C(C)(c2ccccc2)CN1. The predicted molar refractivity (Wildman–Crippen MR) is 89.4 cm³/mol. The second-order valence-corrected chi connectivity index (χ2v) is 7.18. The van der Waals surface area contributed by atoms with Crippen molar-refractivity contribution in [3.63, 3.8) is 0 Å². The first-order valence-corrected chi connectivity index (χ1v) is 8.76. The topological polar surface area (TPSA) is 15.3 Å². The average Bonchev–Trinajstić information content (AvgIpc) is 3.03. The number of piperazine rings is 1. The third-order valence-corrected chi connectivity index (χ3v) is 5.72. The molecule has 2 heteroatoms. The van der Waals surface area contributed by atoms with Gasteiger partial charge < -0.3 is 5.32 Å². The standard InChI is InChI=1S/C19H30N2/c1-3-18-14-21(13-16-9-7-8-10-16)19(2,15-20-18)17-11-5-4-6-12-17/h4-6,11-12,16,18,20H,3,7-10,13-15H2,1-2H3. The Bertz CT molecular complexity index is 438. The van der Waals surface area contributed by atoms with Gasteiger partial charge in [-0.2, -0.15) is 0 Å². The van der Waals surface area contributed by atoms with Crippen LogP contribution in [0.1, 0.15) is 51.5 Å². The zero-order valence-corrected chi connectivity index (χ0v) is 13.6. The quantitative estimate of drug-likeness (QED) is 0.906. The zero-order valence-electron chi connectivity index (χ0n) is 13.6. The molecule has 2 aliphatic rings. The molecule has 21 heavy (non-hydrogen) atoms. The van der Waals surface area contributed by atoms with E-state index in [0.29, 0.717) is 6.04 Å². The van der Waals surface area contributed by atoms with Crippen molar-refractivity contribution >= 4 is 0 Å². The van der Waals surface area contributed by atoms with Gasteiger partial charge in [0.2, 0.25) is 0 Å². The highest BCUT2D eigenvalue weighted by Gasteiger charge is 2.39. The number of hydrogen-bond donors (Lipinski definition) is 1.